The number of phosphoric acid groups is 1. The van der Waals surface area contributed by atoms with E-state index < -0.39 is 13.7 Å². The SMILES string of the molecule is CCC(C)c1cc(C(C)(C)CCCC(C)C)cc(C(=O)NN)c1O.O=P(O)(O)O. The highest BCUT2D eigenvalue weighted by molar-refractivity contribution is 7.45. The van der Waals surface area contributed by atoms with Gasteiger partial charge in [-0.3, -0.25) is 10.2 Å². The molecule has 0 spiro atoms. The Kier molecular flexibility index (Phi) is 11.1. The summed E-state index contributed by atoms with van der Waals surface area (Å²) in [7, 11) is -4.64. The molecule has 1 unspecified atom stereocenters. The number of amides is 1. The number of hydrogen-bond acceptors (Lipinski definition) is 4. The van der Waals surface area contributed by atoms with E-state index in [9.17, 15) is 9.90 Å². The summed E-state index contributed by atoms with van der Waals surface area (Å²) in [5.41, 5.74) is 4.25. The van der Waals surface area contributed by atoms with Gasteiger partial charge >= 0.3 is 7.82 Å². The molecular weight excluding hydrogens is 395 g/mol. The topological polar surface area (TPSA) is 153 Å². The Balaban J connectivity index is 0.00000139. The van der Waals surface area contributed by atoms with E-state index in [0.717, 1.165) is 30.4 Å². The normalized spacial score (nSPS) is 12.9. The fraction of sp³-hybridized carbons (Fsp3) is 0.650. The van der Waals surface area contributed by atoms with Gasteiger partial charge in [0.15, 0.2) is 0 Å². The van der Waals surface area contributed by atoms with Crippen molar-refractivity contribution in [1.29, 1.82) is 0 Å². The van der Waals surface area contributed by atoms with Gasteiger partial charge < -0.3 is 19.8 Å². The van der Waals surface area contributed by atoms with Gasteiger partial charge in [0.05, 0.1) is 5.56 Å². The summed E-state index contributed by atoms with van der Waals surface area (Å²) in [4.78, 5) is 33.6. The molecule has 0 radical (unpaired) electrons. The number of aromatic hydroxyl groups is 1. The molecule has 1 aromatic carbocycles. The third-order valence-electron chi connectivity index (χ3n) is 5.02. The molecule has 0 fully saturated rings. The lowest BCUT2D eigenvalue weighted by Crippen LogP contribution is -2.31. The van der Waals surface area contributed by atoms with Crippen LogP contribution >= 0.6 is 7.82 Å². The highest BCUT2D eigenvalue weighted by Gasteiger charge is 2.26. The smallest absolute Gasteiger partial charge is 0.466 e. The number of nitrogen functional groups attached to an aromatic ring is 1. The number of carbonyl (C=O) groups is 1. The van der Waals surface area contributed by atoms with Crippen LogP contribution in [0.4, 0.5) is 0 Å². The molecule has 0 saturated heterocycles. The van der Waals surface area contributed by atoms with Crippen molar-refractivity contribution < 1.29 is 29.1 Å². The van der Waals surface area contributed by atoms with Gasteiger partial charge in [0.1, 0.15) is 5.75 Å². The van der Waals surface area contributed by atoms with Crippen LogP contribution in [-0.2, 0) is 9.98 Å². The second-order valence-corrected chi connectivity index (χ2v) is 9.45. The van der Waals surface area contributed by atoms with Crippen molar-refractivity contribution in [3.63, 3.8) is 0 Å². The Labute approximate surface area is 173 Å². The number of nitrogens with two attached hydrogens (primary N) is 1. The van der Waals surface area contributed by atoms with Crippen molar-refractivity contribution >= 4 is 13.7 Å². The van der Waals surface area contributed by atoms with Crippen molar-refractivity contribution in [2.45, 2.75) is 78.6 Å². The molecule has 9 heteroatoms. The number of phenols is 1. The Morgan fingerprint density at radius 3 is 2.14 bits per heavy atom. The number of phenolic OH excluding ortho intramolecular Hbond substituents is 1. The van der Waals surface area contributed by atoms with E-state index in [1.807, 2.05) is 0 Å². The van der Waals surface area contributed by atoms with Crippen LogP contribution in [0.1, 0.15) is 94.6 Å². The molecular formula is C20H37N2O6P. The van der Waals surface area contributed by atoms with E-state index in [-0.39, 0.29) is 22.6 Å². The predicted molar refractivity (Wildman–Crippen MR) is 114 cm³/mol. The summed E-state index contributed by atoms with van der Waals surface area (Å²) in [6.07, 6.45) is 4.27. The first-order chi connectivity index (χ1) is 13.1. The fourth-order valence-corrected chi connectivity index (χ4v) is 2.99. The van der Waals surface area contributed by atoms with Gasteiger partial charge in [0, 0.05) is 0 Å². The lowest BCUT2D eigenvalue weighted by molar-refractivity contribution is 0.0950. The third kappa shape index (κ3) is 10.2. The first kappa shape index (κ1) is 27.6. The van der Waals surface area contributed by atoms with E-state index in [1.54, 1.807) is 6.07 Å². The number of carbonyl (C=O) groups excluding carboxylic acids is 1. The first-order valence-electron chi connectivity index (χ1n) is 9.80. The number of benzene rings is 1. The fourth-order valence-electron chi connectivity index (χ4n) is 2.99. The Bertz CT molecular complexity index is 707. The van der Waals surface area contributed by atoms with E-state index in [4.69, 9.17) is 25.1 Å². The quantitative estimate of drug-likeness (QED) is 0.158. The molecule has 0 bridgehead atoms. The van der Waals surface area contributed by atoms with Crippen molar-refractivity contribution in [3.05, 3.63) is 28.8 Å². The molecule has 0 aliphatic carbocycles. The zero-order chi connectivity index (χ0) is 23.0. The van der Waals surface area contributed by atoms with Gasteiger partial charge in [-0.2, -0.15) is 0 Å². The van der Waals surface area contributed by atoms with Crippen LogP contribution in [0.3, 0.4) is 0 Å². The molecule has 0 aromatic heterocycles. The molecule has 1 rings (SSSR count). The molecule has 29 heavy (non-hydrogen) atoms. The van der Waals surface area contributed by atoms with Crippen LogP contribution in [0.15, 0.2) is 12.1 Å². The van der Waals surface area contributed by atoms with Crippen molar-refractivity contribution in [1.82, 2.24) is 5.43 Å². The van der Waals surface area contributed by atoms with Gasteiger partial charge in [0.2, 0.25) is 0 Å². The van der Waals surface area contributed by atoms with Crippen molar-refractivity contribution in [2.75, 3.05) is 0 Å². The first-order valence-corrected chi connectivity index (χ1v) is 11.4. The second-order valence-electron chi connectivity index (χ2n) is 8.43. The summed E-state index contributed by atoms with van der Waals surface area (Å²) in [6, 6.07) is 3.85. The van der Waals surface area contributed by atoms with Gasteiger partial charge in [-0.1, -0.05) is 60.5 Å². The van der Waals surface area contributed by atoms with Gasteiger partial charge in [-0.25, -0.2) is 10.4 Å². The van der Waals surface area contributed by atoms with Gasteiger partial charge in [0.25, 0.3) is 5.91 Å². The molecule has 7 N–H and O–H groups in total. The van der Waals surface area contributed by atoms with E-state index in [2.05, 4.69) is 53.0 Å². The zero-order valence-corrected chi connectivity index (χ0v) is 19.2. The summed E-state index contributed by atoms with van der Waals surface area (Å²) in [5.74, 6) is 5.77. The van der Waals surface area contributed by atoms with E-state index in [0.29, 0.717) is 5.92 Å². The largest absolute Gasteiger partial charge is 0.507 e. The minimum Gasteiger partial charge on any atom is -0.507 e. The monoisotopic (exact) mass is 432 g/mol. The second kappa shape index (κ2) is 11.7. The minimum atomic E-state index is -4.64. The van der Waals surface area contributed by atoms with E-state index in [1.165, 1.54) is 6.42 Å². The predicted octanol–water partition coefficient (Wildman–Crippen LogP) is 3.68. The number of rotatable bonds is 8. The van der Waals surface area contributed by atoms with Crippen LogP contribution in [0.5, 0.6) is 5.75 Å². The van der Waals surface area contributed by atoms with Crippen LogP contribution in [0.2, 0.25) is 0 Å². The number of hydrazine groups is 1. The average Bonchev–Trinajstić information content (AvgIpc) is 2.58. The zero-order valence-electron chi connectivity index (χ0n) is 18.3. The van der Waals surface area contributed by atoms with Crippen LogP contribution in [-0.4, -0.2) is 25.7 Å². The summed E-state index contributed by atoms with van der Waals surface area (Å²) < 4.78 is 8.88. The Hall–Kier alpha value is -1.44. The van der Waals surface area contributed by atoms with E-state index >= 15 is 0 Å². The summed E-state index contributed by atoms with van der Waals surface area (Å²) >= 11 is 0. The lowest BCUT2D eigenvalue weighted by Gasteiger charge is -2.28. The molecule has 0 aliphatic heterocycles. The van der Waals surface area contributed by atoms with Gasteiger partial charge in [-0.05, 0) is 47.3 Å². The van der Waals surface area contributed by atoms with Gasteiger partial charge in [-0.15, -0.1) is 0 Å². The Morgan fingerprint density at radius 1 is 1.21 bits per heavy atom. The third-order valence-corrected chi connectivity index (χ3v) is 5.02. The molecule has 0 heterocycles. The molecule has 1 amide bonds. The number of nitrogens with one attached hydrogen (secondary N) is 1. The molecule has 0 aliphatic rings. The van der Waals surface area contributed by atoms with Crippen LogP contribution < -0.4 is 11.3 Å². The summed E-state index contributed by atoms with van der Waals surface area (Å²) in [5, 5.41) is 10.5. The maximum absolute atomic E-state index is 12.1. The maximum Gasteiger partial charge on any atom is 0.466 e. The highest BCUT2D eigenvalue weighted by Crippen LogP contribution is 2.38. The summed E-state index contributed by atoms with van der Waals surface area (Å²) in [6.45, 7) is 13.0. The Morgan fingerprint density at radius 2 is 1.72 bits per heavy atom. The van der Waals surface area contributed by atoms with Crippen LogP contribution in [0, 0.1) is 5.92 Å². The van der Waals surface area contributed by atoms with Crippen LogP contribution in [0.25, 0.3) is 0 Å². The van der Waals surface area contributed by atoms with Crippen molar-refractivity contribution in [2.24, 2.45) is 11.8 Å². The highest BCUT2D eigenvalue weighted by atomic mass is 31.2. The lowest BCUT2D eigenvalue weighted by atomic mass is 9.77. The minimum absolute atomic E-state index is 0.0500. The molecule has 0 saturated carbocycles. The maximum atomic E-state index is 12.1. The number of hydrogen-bond donors (Lipinski definition) is 6. The molecule has 168 valence electrons. The van der Waals surface area contributed by atoms with Crippen molar-refractivity contribution in [3.8, 4) is 5.75 Å². The molecule has 1 atom stereocenters. The standard InChI is InChI=1S/C20H34N2O2.H3O4P/c1-7-14(4)16-11-15(12-17(18(16)23)19(24)22-21)20(5,6)10-8-9-13(2)3;1-5(2,3)4/h11-14,23H,7-10,21H2,1-6H3,(H,22,24);(H3,1,2,3,4). The molecule has 8 nitrogen and oxygen atoms in total. The average molecular weight is 432 g/mol. The molecule has 1 aromatic rings.